The Hall–Kier alpha value is 0.0400. The second kappa shape index (κ2) is 6.59. The molecule has 0 saturated carbocycles. The molecule has 0 heterocycles. The average molecular weight is 313 g/mol. The van der Waals surface area contributed by atoms with Crippen molar-refractivity contribution in [2.45, 2.75) is 12.8 Å². The van der Waals surface area contributed by atoms with Gasteiger partial charge in [-0.15, -0.1) is 0 Å². The molecule has 0 aromatic heterocycles. The lowest BCUT2D eigenvalue weighted by Gasteiger charge is -2.10. The fourth-order valence-corrected chi connectivity index (χ4v) is 2.50. The standard InChI is InChI=1S/C10H12BrCl2NO/c11-7-5-8(12)10(9(13)6-7)14-3-1-2-4-15/h5-6,14-15H,1-4H2. The van der Waals surface area contributed by atoms with E-state index in [1.807, 2.05) is 0 Å². The van der Waals surface area contributed by atoms with Gasteiger partial charge in [-0.3, -0.25) is 0 Å². The van der Waals surface area contributed by atoms with Crippen LogP contribution in [0.2, 0.25) is 10.0 Å². The summed E-state index contributed by atoms with van der Waals surface area (Å²) in [7, 11) is 0. The third kappa shape index (κ3) is 4.19. The minimum Gasteiger partial charge on any atom is -0.396 e. The van der Waals surface area contributed by atoms with Gasteiger partial charge in [0, 0.05) is 17.6 Å². The van der Waals surface area contributed by atoms with E-state index in [1.54, 1.807) is 12.1 Å². The normalized spacial score (nSPS) is 10.4. The highest BCUT2D eigenvalue weighted by molar-refractivity contribution is 9.10. The fourth-order valence-electron chi connectivity index (χ4n) is 1.16. The van der Waals surface area contributed by atoms with Crippen molar-refractivity contribution in [1.29, 1.82) is 0 Å². The van der Waals surface area contributed by atoms with E-state index in [4.69, 9.17) is 28.3 Å². The van der Waals surface area contributed by atoms with Crippen LogP contribution in [0.4, 0.5) is 5.69 Å². The number of halogens is 3. The Kier molecular flexibility index (Phi) is 5.75. The van der Waals surface area contributed by atoms with Gasteiger partial charge in [0.05, 0.1) is 15.7 Å². The number of benzene rings is 1. The van der Waals surface area contributed by atoms with Gasteiger partial charge in [0.2, 0.25) is 0 Å². The highest BCUT2D eigenvalue weighted by atomic mass is 79.9. The summed E-state index contributed by atoms with van der Waals surface area (Å²) in [5, 5.41) is 13.0. The molecular weight excluding hydrogens is 301 g/mol. The molecular formula is C10H12BrCl2NO. The highest BCUT2D eigenvalue weighted by Gasteiger charge is 2.06. The number of hydrogen-bond acceptors (Lipinski definition) is 2. The third-order valence-corrected chi connectivity index (χ3v) is 2.95. The Morgan fingerprint density at radius 1 is 1.20 bits per heavy atom. The SMILES string of the molecule is OCCCCNc1c(Cl)cc(Br)cc1Cl. The molecule has 0 saturated heterocycles. The Bertz CT molecular complexity index is 310. The maximum Gasteiger partial charge on any atom is 0.0719 e. The number of rotatable bonds is 5. The minimum absolute atomic E-state index is 0.212. The highest BCUT2D eigenvalue weighted by Crippen LogP contribution is 2.33. The van der Waals surface area contributed by atoms with Crippen molar-refractivity contribution in [3.05, 3.63) is 26.7 Å². The molecule has 84 valence electrons. The van der Waals surface area contributed by atoms with Gasteiger partial charge in [-0.25, -0.2) is 0 Å². The molecule has 0 fully saturated rings. The monoisotopic (exact) mass is 311 g/mol. The molecule has 1 aromatic carbocycles. The van der Waals surface area contributed by atoms with Crippen molar-refractivity contribution < 1.29 is 5.11 Å². The zero-order valence-corrected chi connectivity index (χ0v) is 11.2. The molecule has 0 atom stereocenters. The average Bonchev–Trinajstić information content (AvgIpc) is 2.15. The van der Waals surface area contributed by atoms with Crippen LogP contribution in [0.1, 0.15) is 12.8 Å². The van der Waals surface area contributed by atoms with Gasteiger partial charge < -0.3 is 10.4 Å². The lowest BCUT2D eigenvalue weighted by atomic mass is 10.3. The Balaban J connectivity index is 2.60. The molecule has 5 heteroatoms. The first-order valence-electron chi connectivity index (χ1n) is 4.64. The van der Waals surface area contributed by atoms with Gasteiger partial charge in [0.25, 0.3) is 0 Å². The number of aliphatic hydroxyl groups is 1. The molecule has 0 amide bonds. The van der Waals surface area contributed by atoms with Crippen LogP contribution in [0.25, 0.3) is 0 Å². The van der Waals surface area contributed by atoms with E-state index in [2.05, 4.69) is 21.2 Å². The first-order chi connectivity index (χ1) is 7.15. The Morgan fingerprint density at radius 3 is 2.33 bits per heavy atom. The van der Waals surface area contributed by atoms with Crippen molar-refractivity contribution in [1.82, 2.24) is 0 Å². The summed E-state index contributed by atoms with van der Waals surface area (Å²) in [5.74, 6) is 0. The van der Waals surface area contributed by atoms with E-state index >= 15 is 0 Å². The van der Waals surface area contributed by atoms with E-state index < -0.39 is 0 Å². The summed E-state index contributed by atoms with van der Waals surface area (Å²) >= 11 is 15.4. The lowest BCUT2D eigenvalue weighted by Crippen LogP contribution is -2.03. The van der Waals surface area contributed by atoms with E-state index in [0.29, 0.717) is 10.0 Å². The molecule has 1 aromatic rings. The number of unbranched alkanes of at least 4 members (excludes halogenated alkanes) is 1. The zero-order chi connectivity index (χ0) is 11.3. The maximum absolute atomic E-state index is 8.62. The summed E-state index contributed by atoms with van der Waals surface area (Å²) in [4.78, 5) is 0. The van der Waals surface area contributed by atoms with E-state index in [1.165, 1.54) is 0 Å². The van der Waals surface area contributed by atoms with Gasteiger partial charge in [0.1, 0.15) is 0 Å². The van der Waals surface area contributed by atoms with Crippen molar-refractivity contribution in [3.8, 4) is 0 Å². The van der Waals surface area contributed by atoms with Crippen molar-refractivity contribution >= 4 is 44.8 Å². The van der Waals surface area contributed by atoms with Crippen molar-refractivity contribution in [2.24, 2.45) is 0 Å². The van der Waals surface area contributed by atoms with Crippen LogP contribution in [0, 0.1) is 0 Å². The smallest absolute Gasteiger partial charge is 0.0719 e. The quantitative estimate of drug-likeness (QED) is 0.807. The molecule has 0 aliphatic rings. The van der Waals surface area contributed by atoms with Crippen LogP contribution in [0.15, 0.2) is 16.6 Å². The van der Waals surface area contributed by atoms with Crippen LogP contribution < -0.4 is 5.32 Å². The summed E-state index contributed by atoms with van der Waals surface area (Å²) < 4.78 is 0.860. The molecule has 1 rings (SSSR count). The van der Waals surface area contributed by atoms with Gasteiger partial charge in [-0.2, -0.15) is 0 Å². The molecule has 0 spiro atoms. The lowest BCUT2D eigenvalue weighted by molar-refractivity contribution is 0.286. The second-order valence-electron chi connectivity index (χ2n) is 3.10. The number of nitrogens with one attached hydrogen (secondary N) is 1. The minimum atomic E-state index is 0.212. The summed E-state index contributed by atoms with van der Waals surface area (Å²) in [6.45, 7) is 0.963. The molecule has 0 aliphatic heterocycles. The Morgan fingerprint density at radius 2 is 1.80 bits per heavy atom. The largest absolute Gasteiger partial charge is 0.396 e. The molecule has 0 unspecified atom stereocenters. The maximum atomic E-state index is 8.62. The topological polar surface area (TPSA) is 32.3 Å². The van der Waals surface area contributed by atoms with Gasteiger partial charge >= 0.3 is 0 Å². The number of anilines is 1. The van der Waals surface area contributed by atoms with Crippen LogP contribution in [0.5, 0.6) is 0 Å². The molecule has 0 aliphatic carbocycles. The summed E-state index contributed by atoms with van der Waals surface area (Å²) in [6.07, 6.45) is 1.66. The van der Waals surface area contributed by atoms with E-state index in [-0.39, 0.29) is 6.61 Å². The van der Waals surface area contributed by atoms with Crippen LogP contribution in [-0.2, 0) is 0 Å². The van der Waals surface area contributed by atoms with Crippen LogP contribution in [0.3, 0.4) is 0 Å². The van der Waals surface area contributed by atoms with Crippen LogP contribution >= 0.6 is 39.1 Å². The van der Waals surface area contributed by atoms with Gasteiger partial charge in [-0.1, -0.05) is 39.1 Å². The number of hydrogen-bond donors (Lipinski definition) is 2. The van der Waals surface area contributed by atoms with Crippen molar-refractivity contribution in [3.63, 3.8) is 0 Å². The molecule has 0 bridgehead atoms. The Labute approximate surface area is 108 Å². The number of aliphatic hydroxyl groups excluding tert-OH is 1. The van der Waals surface area contributed by atoms with Crippen LogP contribution in [-0.4, -0.2) is 18.3 Å². The molecule has 2 nitrogen and oxygen atoms in total. The predicted octanol–water partition coefficient (Wildman–Crippen LogP) is 3.94. The summed E-state index contributed by atoms with van der Waals surface area (Å²) in [5.41, 5.74) is 0.750. The first kappa shape index (κ1) is 13.1. The van der Waals surface area contributed by atoms with Gasteiger partial charge in [0.15, 0.2) is 0 Å². The molecule has 0 radical (unpaired) electrons. The fraction of sp³-hybridized carbons (Fsp3) is 0.400. The molecule has 2 N–H and O–H groups in total. The summed E-state index contributed by atoms with van der Waals surface area (Å²) in [6, 6.07) is 3.59. The van der Waals surface area contributed by atoms with Gasteiger partial charge in [-0.05, 0) is 25.0 Å². The predicted molar refractivity (Wildman–Crippen MR) is 69.0 cm³/mol. The van der Waals surface area contributed by atoms with Crippen molar-refractivity contribution in [2.75, 3.05) is 18.5 Å². The second-order valence-corrected chi connectivity index (χ2v) is 4.83. The molecule has 15 heavy (non-hydrogen) atoms. The first-order valence-corrected chi connectivity index (χ1v) is 6.19. The van der Waals surface area contributed by atoms with E-state index in [9.17, 15) is 0 Å². The van der Waals surface area contributed by atoms with E-state index in [0.717, 1.165) is 29.5 Å². The zero-order valence-electron chi connectivity index (χ0n) is 8.06. The third-order valence-electron chi connectivity index (χ3n) is 1.89.